The third-order valence-electron chi connectivity index (χ3n) is 4.80. The fourth-order valence-corrected chi connectivity index (χ4v) is 4.68. The Morgan fingerprint density at radius 2 is 1.90 bits per heavy atom. The molecule has 31 heavy (non-hydrogen) atoms. The van der Waals surface area contributed by atoms with Gasteiger partial charge in [0, 0.05) is 21.0 Å². The molecule has 0 saturated heterocycles. The summed E-state index contributed by atoms with van der Waals surface area (Å²) in [7, 11) is 0. The van der Waals surface area contributed by atoms with Crippen molar-refractivity contribution in [2.45, 2.75) is 24.8 Å². The van der Waals surface area contributed by atoms with Crippen molar-refractivity contribution in [3.8, 4) is 0 Å². The maximum Gasteiger partial charge on any atom is 0.291 e. The number of carbonyl (C=O) groups excluding carboxylic acids is 1. The van der Waals surface area contributed by atoms with Gasteiger partial charge in [-0.05, 0) is 68.1 Å². The molecule has 0 unspecified atom stereocenters. The van der Waals surface area contributed by atoms with Gasteiger partial charge < -0.3 is 15.1 Å². The van der Waals surface area contributed by atoms with E-state index in [0.29, 0.717) is 0 Å². The minimum absolute atomic E-state index is 0.179. The molecular formula is C24H23N3O2S2. The lowest BCUT2D eigenvalue weighted by Crippen LogP contribution is -2.17. The molecule has 0 spiro atoms. The number of nitrogens with zero attached hydrogens (tertiary/aromatic N) is 1. The van der Waals surface area contributed by atoms with Gasteiger partial charge in [-0.2, -0.15) is 0 Å². The molecule has 7 heteroatoms. The van der Waals surface area contributed by atoms with Crippen LogP contribution in [0, 0.1) is 13.8 Å². The van der Waals surface area contributed by atoms with Gasteiger partial charge in [0.1, 0.15) is 10.8 Å². The first-order valence-corrected chi connectivity index (χ1v) is 11.9. The fraction of sp³-hybridized carbons (Fsp3) is 0.167. The predicted molar refractivity (Wildman–Crippen MR) is 128 cm³/mol. The van der Waals surface area contributed by atoms with Crippen molar-refractivity contribution in [2.75, 3.05) is 16.9 Å². The van der Waals surface area contributed by atoms with Crippen molar-refractivity contribution in [1.82, 2.24) is 4.98 Å². The Morgan fingerprint density at radius 3 is 2.58 bits per heavy atom. The highest BCUT2D eigenvalue weighted by Crippen LogP contribution is 2.38. The Labute approximate surface area is 189 Å². The van der Waals surface area contributed by atoms with Crippen LogP contribution < -0.4 is 10.6 Å². The molecule has 1 amide bonds. The number of furan rings is 1. The van der Waals surface area contributed by atoms with Crippen LogP contribution in [0.5, 0.6) is 0 Å². The molecular weight excluding hydrogens is 426 g/mol. The molecule has 2 N–H and O–H groups in total. The van der Waals surface area contributed by atoms with Gasteiger partial charge in [-0.3, -0.25) is 4.79 Å². The Balaban J connectivity index is 1.73. The lowest BCUT2D eigenvalue weighted by Gasteiger charge is -2.21. The summed E-state index contributed by atoms with van der Waals surface area (Å²) in [6.07, 6.45) is 3.56. The zero-order valence-corrected chi connectivity index (χ0v) is 19.1. The van der Waals surface area contributed by atoms with E-state index >= 15 is 0 Å². The van der Waals surface area contributed by atoms with Crippen LogP contribution in [0.1, 0.15) is 38.3 Å². The number of nitrogens with one attached hydrogen (secondary N) is 2. The largest absolute Gasteiger partial charge is 0.459 e. The Kier molecular flexibility index (Phi) is 6.44. The van der Waals surface area contributed by atoms with Crippen molar-refractivity contribution < 1.29 is 9.21 Å². The molecule has 5 nitrogen and oxygen atoms in total. The molecule has 1 atom stereocenters. The molecule has 0 fully saturated rings. The van der Waals surface area contributed by atoms with Crippen LogP contribution in [0.3, 0.4) is 0 Å². The lowest BCUT2D eigenvalue weighted by atomic mass is 10.00. The number of hydrogen-bond donors (Lipinski definition) is 2. The number of amides is 1. The monoisotopic (exact) mass is 449 g/mol. The highest BCUT2D eigenvalue weighted by atomic mass is 32.2. The van der Waals surface area contributed by atoms with Gasteiger partial charge >= 0.3 is 0 Å². The fourth-order valence-electron chi connectivity index (χ4n) is 3.33. The van der Waals surface area contributed by atoms with Crippen LogP contribution in [0.15, 0.2) is 76.2 Å². The van der Waals surface area contributed by atoms with E-state index < -0.39 is 0 Å². The van der Waals surface area contributed by atoms with Gasteiger partial charge in [-0.25, -0.2) is 4.98 Å². The number of pyridine rings is 1. The smallest absolute Gasteiger partial charge is 0.291 e. The minimum Gasteiger partial charge on any atom is -0.459 e. The highest BCUT2D eigenvalue weighted by molar-refractivity contribution is 7.98. The normalized spacial score (nSPS) is 11.8. The number of thiophene rings is 1. The number of rotatable bonds is 7. The Hall–Kier alpha value is -3.03. The summed E-state index contributed by atoms with van der Waals surface area (Å²) in [4.78, 5) is 19.6. The number of thioether (sulfide) groups is 1. The molecule has 158 valence electrons. The number of anilines is 2. The zero-order valence-electron chi connectivity index (χ0n) is 17.5. The van der Waals surface area contributed by atoms with E-state index in [1.807, 2.05) is 32.0 Å². The van der Waals surface area contributed by atoms with E-state index in [4.69, 9.17) is 4.42 Å². The summed E-state index contributed by atoms with van der Waals surface area (Å²) >= 11 is 3.25. The topological polar surface area (TPSA) is 67.2 Å². The van der Waals surface area contributed by atoms with Gasteiger partial charge in [-0.1, -0.05) is 18.2 Å². The SMILES string of the molecule is CSc1ccc([C@H](Nc2cccc(C)n2)c2cc(C)sc2NC(=O)c2ccco2)cc1. The second kappa shape index (κ2) is 9.41. The number of hydrogen-bond acceptors (Lipinski definition) is 6. The van der Waals surface area contributed by atoms with Crippen LogP contribution in [-0.4, -0.2) is 17.1 Å². The highest BCUT2D eigenvalue weighted by Gasteiger charge is 2.23. The number of aromatic nitrogens is 1. The molecule has 3 aromatic heterocycles. The summed E-state index contributed by atoms with van der Waals surface area (Å²) in [5, 5.41) is 7.38. The van der Waals surface area contributed by atoms with Crippen LogP contribution >= 0.6 is 23.1 Å². The molecule has 0 bridgehead atoms. The quantitative estimate of drug-likeness (QED) is 0.314. The van der Waals surface area contributed by atoms with Gasteiger partial charge in [0.15, 0.2) is 5.76 Å². The maximum atomic E-state index is 12.6. The van der Waals surface area contributed by atoms with E-state index in [9.17, 15) is 4.79 Å². The number of benzene rings is 1. The maximum absolute atomic E-state index is 12.6. The van der Waals surface area contributed by atoms with E-state index in [1.165, 1.54) is 11.2 Å². The summed E-state index contributed by atoms with van der Waals surface area (Å²) in [5.74, 6) is 0.801. The molecule has 4 aromatic rings. The van der Waals surface area contributed by atoms with E-state index in [0.717, 1.165) is 32.5 Å². The summed E-state index contributed by atoms with van der Waals surface area (Å²) in [5.41, 5.74) is 3.02. The minimum atomic E-state index is -0.265. The van der Waals surface area contributed by atoms with Gasteiger partial charge in [0.2, 0.25) is 0 Å². The van der Waals surface area contributed by atoms with E-state index in [2.05, 4.69) is 52.2 Å². The first kappa shape index (κ1) is 21.2. The first-order chi connectivity index (χ1) is 15.0. The van der Waals surface area contributed by atoms with Crippen molar-refractivity contribution >= 4 is 39.8 Å². The van der Waals surface area contributed by atoms with E-state index in [1.54, 1.807) is 35.2 Å². The summed E-state index contributed by atoms with van der Waals surface area (Å²) < 4.78 is 5.26. The Bertz CT molecular complexity index is 1170. The molecule has 0 aliphatic rings. The second-order valence-corrected chi connectivity index (χ2v) is 9.22. The molecule has 1 aromatic carbocycles. The molecule has 4 rings (SSSR count). The van der Waals surface area contributed by atoms with Crippen LogP contribution in [0.4, 0.5) is 10.8 Å². The molecule has 0 radical (unpaired) electrons. The lowest BCUT2D eigenvalue weighted by molar-refractivity contribution is 0.0997. The zero-order chi connectivity index (χ0) is 21.8. The van der Waals surface area contributed by atoms with Gasteiger partial charge in [0.05, 0.1) is 12.3 Å². The average Bonchev–Trinajstić information content (AvgIpc) is 3.42. The van der Waals surface area contributed by atoms with Crippen LogP contribution in [0.25, 0.3) is 0 Å². The van der Waals surface area contributed by atoms with Crippen molar-refractivity contribution in [1.29, 1.82) is 0 Å². The number of carbonyl (C=O) groups is 1. The summed E-state index contributed by atoms with van der Waals surface area (Å²) in [6, 6.07) is 19.6. The average molecular weight is 450 g/mol. The third kappa shape index (κ3) is 5.00. The van der Waals surface area contributed by atoms with Gasteiger partial charge in [0.25, 0.3) is 5.91 Å². The van der Waals surface area contributed by atoms with Crippen LogP contribution in [-0.2, 0) is 0 Å². The van der Waals surface area contributed by atoms with Crippen LogP contribution in [0.2, 0.25) is 0 Å². The van der Waals surface area contributed by atoms with Gasteiger partial charge in [-0.15, -0.1) is 23.1 Å². The van der Waals surface area contributed by atoms with Crippen molar-refractivity contribution in [2.24, 2.45) is 0 Å². The standard InChI is InChI=1S/C24H23N3O2S2/c1-15-6-4-8-21(25-15)26-22(17-9-11-18(30-3)12-10-17)19-14-16(2)31-24(19)27-23(28)20-7-5-13-29-20/h4-14,22H,1-3H3,(H,25,26)(H,27,28)/t22-/m0/s1. The molecule has 0 aliphatic carbocycles. The molecule has 3 heterocycles. The predicted octanol–water partition coefficient (Wildman–Crippen LogP) is 6.53. The van der Waals surface area contributed by atoms with E-state index in [-0.39, 0.29) is 17.7 Å². The second-order valence-electron chi connectivity index (χ2n) is 7.09. The summed E-state index contributed by atoms with van der Waals surface area (Å²) in [6.45, 7) is 4.01. The van der Waals surface area contributed by atoms with Crippen molar-refractivity contribution in [3.63, 3.8) is 0 Å². The number of aryl methyl sites for hydroxylation is 2. The Morgan fingerprint density at radius 1 is 1.10 bits per heavy atom. The first-order valence-electron chi connectivity index (χ1n) is 9.83. The molecule has 0 aliphatic heterocycles. The van der Waals surface area contributed by atoms with Crippen molar-refractivity contribution in [3.05, 3.63) is 94.4 Å². The third-order valence-corrected chi connectivity index (χ3v) is 6.52. The molecule has 0 saturated carbocycles.